The van der Waals surface area contributed by atoms with E-state index in [1.807, 2.05) is 6.07 Å². The quantitative estimate of drug-likeness (QED) is 0.790. The summed E-state index contributed by atoms with van der Waals surface area (Å²) in [5, 5.41) is 11.6. The number of amides is 1. The molecule has 0 atom stereocenters. The van der Waals surface area contributed by atoms with Crippen LogP contribution in [0.15, 0.2) is 42.6 Å². The maximum absolute atomic E-state index is 13.4. The number of imidazole rings is 1. The van der Waals surface area contributed by atoms with Crippen LogP contribution in [0.1, 0.15) is 21.7 Å². The Labute approximate surface area is 125 Å². The zero-order chi connectivity index (χ0) is 15.7. The predicted octanol–water partition coefficient (Wildman–Crippen LogP) is 2.91. The maximum Gasteiger partial charge on any atom is 0.274 e. The number of aromatic nitrogens is 2. The van der Waals surface area contributed by atoms with Crippen LogP contribution in [0.4, 0.5) is 10.1 Å². The van der Waals surface area contributed by atoms with E-state index in [4.69, 9.17) is 5.26 Å². The van der Waals surface area contributed by atoms with Crippen LogP contribution in [0.3, 0.4) is 0 Å². The predicted molar refractivity (Wildman–Crippen MR) is 79.0 cm³/mol. The number of hydrogen-bond donors (Lipinski definition) is 1. The van der Waals surface area contributed by atoms with Crippen LogP contribution >= 0.6 is 0 Å². The Morgan fingerprint density at radius 2 is 2.18 bits per heavy atom. The fourth-order valence-corrected chi connectivity index (χ4v) is 2.27. The lowest BCUT2D eigenvalue weighted by Crippen LogP contribution is -2.15. The largest absolute Gasteiger partial charge is 0.321 e. The molecule has 0 bridgehead atoms. The molecule has 6 heteroatoms. The number of nitrogens with zero attached hydrogens (tertiary/aromatic N) is 3. The highest BCUT2D eigenvalue weighted by Gasteiger charge is 2.17. The van der Waals surface area contributed by atoms with Gasteiger partial charge in [0.1, 0.15) is 17.2 Å². The highest BCUT2D eigenvalue weighted by atomic mass is 19.1. The van der Waals surface area contributed by atoms with Crippen molar-refractivity contribution in [2.45, 2.75) is 6.92 Å². The van der Waals surface area contributed by atoms with Gasteiger partial charge in [0.15, 0.2) is 0 Å². The number of aryl methyl sites for hydroxylation is 1. The molecule has 0 spiro atoms. The summed E-state index contributed by atoms with van der Waals surface area (Å²) in [5.41, 5.74) is 2.19. The summed E-state index contributed by atoms with van der Waals surface area (Å²) in [6, 6.07) is 11.4. The third kappa shape index (κ3) is 2.40. The van der Waals surface area contributed by atoms with Crippen molar-refractivity contribution in [3.8, 4) is 6.07 Å². The van der Waals surface area contributed by atoms with Gasteiger partial charge in [0, 0.05) is 11.9 Å². The van der Waals surface area contributed by atoms with Gasteiger partial charge in [-0.3, -0.25) is 9.20 Å². The second kappa shape index (κ2) is 5.30. The summed E-state index contributed by atoms with van der Waals surface area (Å²) >= 11 is 0. The second-order valence-electron chi connectivity index (χ2n) is 4.77. The monoisotopic (exact) mass is 294 g/mol. The summed E-state index contributed by atoms with van der Waals surface area (Å²) in [6.45, 7) is 1.69. The highest BCUT2D eigenvalue weighted by Crippen LogP contribution is 2.16. The van der Waals surface area contributed by atoms with E-state index in [1.165, 1.54) is 22.7 Å². The number of rotatable bonds is 2. The van der Waals surface area contributed by atoms with E-state index >= 15 is 0 Å². The normalized spacial score (nSPS) is 10.4. The van der Waals surface area contributed by atoms with Gasteiger partial charge in [-0.05, 0) is 37.3 Å². The molecule has 1 amide bonds. The van der Waals surface area contributed by atoms with Gasteiger partial charge in [-0.25, -0.2) is 9.37 Å². The third-order valence-corrected chi connectivity index (χ3v) is 3.22. The summed E-state index contributed by atoms with van der Waals surface area (Å²) < 4.78 is 14.8. The van der Waals surface area contributed by atoms with Gasteiger partial charge in [0.2, 0.25) is 0 Å². The zero-order valence-corrected chi connectivity index (χ0v) is 11.7. The molecule has 0 saturated heterocycles. The van der Waals surface area contributed by atoms with Crippen molar-refractivity contribution in [3.63, 3.8) is 0 Å². The molecule has 0 aliphatic rings. The van der Waals surface area contributed by atoms with E-state index in [0.717, 1.165) is 0 Å². The molecule has 0 radical (unpaired) electrons. The molecule has 108 valence electrons. The fraction of sp³-hybridized carbons (Fsp3) is 0.0625. The average Bonchev–Trinajstić information content (AvgIpc) is 2.82. The van der Waals surface area contributed by atoms with Crippen LogP contribution in [0.5, 0.6) is 0 Å². The van der Waals surface area contributed by atoms with Gasteiger partial charge in [-0.1, -0.05) is 6.07 Å². The van der Waals surface area contributed by atoms with Crippen molar-refractivity contribution in [3.05, 3.63) is 65.4 Å². The smallest absolute Gasteiger partial charge is 0.274 e. The van der Waals surface area contributed by atoms with Crippen LogP contribution in [0.2, 0.25) is 0 Å². The van der Waals surface area contributed by atoms with E-state index < -0.39 is 11.7 Å². The molecule has 2 aromatic heterocycles. The molecule has 0 saturated carbocycles. The van der Waals surface area contributed by atoms with Crippen molar-refractivity contribution in [1.82, 2.24) is 9.38 Å². The Bertz CT molecular complexity index is 924. The maximum atomic E-state index is 13.4. The van der Waals surface area contributed by atoms with Crippen molar-refractivity contribution in [2.75, 3.05) is 5.32 Å². The highest BCUT2D eigenvalue weighted by molar-refractivity contribution is 6.04. The molecule has 0 unspecified atom stereocenters. The van der Waals surface area contributed by atoms with Gasteiger partial charge < -0.3 is 5.32 Å². The number of nitriles is 1. The van der Waals surface area contributed by atoms with Gasteiger partial charge >= 0.3 is 0 Å². The number of pyridine rings is 1. The molecular weight excluding hydrogens is 283 g/mol. The van der Waals surface area contributed by atoms with Crippen molar-refractivity contribution in [1.29, 1.82) is 5.26 Å². The first kappa shape index (κ1) is 13.8. The van der Waals surface area contributed by atoms with Crippen molar-refractivity contribution in [2.24, 2.45) is 0 Å². The van der Waals surface area contributed by atoms with Crippen LogP contribution < -0.4 is 5.32 Å². The van der Waals surface area contributed by atoms with Crippen molar-refractivity contribution >= 4 is 17.2 Å². The van der Waals surface area contributed by atoms with Crippen LogP contribution in [0.25, 0.3) is 5.65 Å². The number of carbonyl (C=O) groups is 1. The second-order valence-corrected chi connectivity index (χ2v) is 4.77. The van der Waals surface area contributed by atoms with Crippen molar-refractivity contribution < 1.29 is 9.18 Å². The first-order chi connectivity index (χ1) is 10.6. The molecule has 3 aromatic rings. The number of carbonyl (C=O) groups excluding carboxylic acids is 1. The summed E-state index contributed by atoms with van der Waals surface area (Å²) in [7, 11) is 0. The molecule has 5 nitrogen and oxygen atoms in total. The number of hydrogen-bond acceptors (Lipinski definition) is 3. The minimum Gasteiger partial charge on any atom is -0.321 e. The first-order valence-electron chi connectivity index (χ1n) is 6.54. The molecule has 0 aliphatic carbocycles. The summed E-state index contributed by atoms with van der Waals surface area (Å²) in [4.78, 5) is 16.7. The van der Waals surface area contributed by atoms with Gasteiger partial charge in [-0.2, -0.15) is 5.26 Å². The Morgan fingerprint density at radius 1 is 1.36 bits per heavy atom. The van der Waals surface area contributed by atoms with Gasteiger partial charge in [0.05, 0.1) is 17.3 Å². The van der Waals surface area contributed by atoms with E-state index in [2.05, 4.69) is 10.3 Å². The molecule has 0 fully saturated rings. The average molecular weight is 294 g/mol. The molecule has 1 N–H and O–H groups in total. The number of nitrogens with one attached hydrogen (secondary N) is 1. The SMILES string of the molecule is Cc1nc2ccc(F)cn2c1C(=O)Nc1cccc(C#N)c1. The molecule has 22 heavy (non-hydrogen) atoms. The first-order valence-corrected chi connectivity index (χ1v) is 6.54. The Morgan fingerprint density at radius 3 is 2.95 bits per heavy atom. The lowest BCUT2D eigenvalue weighted by Gasteiger charge is -2.06. The van der Waals surface area contributed by atoms with Crippen LogP contribution in [0, 0.1) is 24.1 Å². The number of fused-ring (bicyclic) bond motifs is 1. The third-order valence-electron chi connectivity index (χ3n) is 3.22. The Balaban J connectivity index is 2.00. The Hall–Kier alpha value is -3.20. The Kier molecular flexibility index (Phi) is 3.31. The zero-order valence-electron chi connectivity index (χ0n) is 11.7. The van der Waals surface area contributed by atoms with E-state index in [-0.39, 0.29) is 5.69 Å². The molecular formula is C16H11FN4O. The fourth-order valence-electron chi connectivity index (χ4n) is 2.27. The van der Waals surface area contributed by atoms with Crippen LogP contribution in [-0.4, -0.2) is 15.3 Å². The van der Waals surface area contributed by atoms with E-state index in [1.54, 1.807) is 31.2 Å². The minimum atomic E-state index is -0.453. The summed E-state index contributed by atoms with van der Waals surface area (Å²) in [6.07, 6.45) is 1.22. The number of benzene rings is 1. The van der Waals surface area contributed by atoms with Crippen LogP contribution in [-0.2, 0) is 0 Å². The molecule has 0 aliphatic heterocycles. The molecule has 3 rings (SSSR count). The molecule has 2 heterocycles. The minimum absolute atomic E-state index is 0.261. The standard InChI is InChI=1S/C16H11FN4O/c1-10-15(21-9-12(17)5-6-14(21)19-10)16(22)20-13-4-2-3-11(7-13)8-18/h2-7,9H,1H3,(H,20,22). The lowest BCUT2D eigenvalue weighted by molar-refractivity contribution is 0.102. The topological polar surface area (TPSA) is 70.2 Å². The van der Waals surface area contributed by atoms with E-state index in [9.17, 15) is 9.18 Å². The lowest BCUT2D eigenvalue weighted by atomic mass is 10.2. The number of halogens is 1. The van der Waals surface area contributed by atoms with E-state index in [0.29, 0.717) is 22.6 Å². The number of anilines is 1. The van der Waals surface area contributed by atoms with Gasteiger partial charge in [-0.15, -0.1) is 0 Å². The summed E-state index contributed by atoms with van der Waals surface area (Å²) in [5.74, 6) is -0.865. The molecule has 1 aromatic carbocycles. The van der Waals surface area contributed by atoms with Gasteiger partial charge in [0.25, 0.3) is 5.91 Å².